The van der Waals surface area contributed by atoms with Gasteiger partial charge in [0.05, 0.1) is 12.7 Å². The van der Waals surface area contributed by atoms with Gasteiger partial charge in [0.15, 0.2) is 0 Å². The molecule has 0 spiro atoms. The molecule has 0 atom stereocenters. The first-order valence-electron chi connectivity index (χ1n) is 6.00. The number of nitrogens with zero attached hydrogens (tertiary/aromatic N) is 1. The Labute approximate surface area is 106 Å². The molecule has 1 aliphatic rings. The Morgan fingerprint density at radius 2 is 2.06 bits per heavy atom. The van der Waals surface area contributed by atoms with Crippen LogP contribution in [0.3, 0.4) is 0 Å². The molecule has 92 valence electrons. The fourth-order valence-corrected chi connectivity index (χ4v) is 2.81. The Morgan fingerprint density at radius 3 is 2.78 bits per heavy atom. The van der Waals surface area contributed by atoms with Crippen molar-refractivity contribution in [3.8, 4) is 11.1 Å². The number of aromatic nitrogens is 1. The first-order valence-corrected chi connectivity index (χ1v) is 6.00. The third-order valence-corrected chi connectivity index (χ3v) is 3.84. The van der Waals surface area contributed by atoms with Crippen LogP contribution in [0.25, 0.3) is 11.1 Å². The quantitative estimate of drug-likeness (QED) is 0.613. The lowest BCUT2D eigenvalue weighted by Crippen LogP contribution is -2.05. The van der Waals surface area contributed by atoms with E-state index in [9.17, 15) is 4.79 Å². The zero-order valence-electron chi connectivity index (χ0n) is 10.8. The zero-order chi connectivity index (χ0) is 12.9. The van der Waals surface area contributed by atoms with Crippen molar-refractivity contribution in [2.24, 2.45) is 7.05 Å². The summed E-state index contributed by atoms with van der Waals surface area (Å²) in [6.45, 7) is 1.97. The Kier molecular flexibility index (Phi) is 2.30. The van der Waals surface area contributed by atoms with Crippen LogP contribution < -0.4 is 0 Å². The molecule has 18 heavy (non-hydrogen) atoms. The van der Waals surface area contributed by atoms with Gasteiger partial charge in [0.25, 0.3) is 0 Å². The second kappa shape index (κ2) is 3.73. The molecule has 0 aliphatic heterocycles. The topological polar surface area (TPSA) is 31.2 Å². The predicted octanol–water partition coefficient (Wildman–Crippen LogP) is 2.69. The number of ether oxygens (including phenoxy) is 1. The average molecular weight is 241 g/mol. The van der Waals surface area contributed by atoms with E-state index in [2.05, 4.69) is 16.7 Å². The molecule has 2 aromatic rings. The third-order valence-electron chi connectivity index (χ3n) is 3.84. The van der Waals surface area contributed by atoms with Crippen LogP contribution in [0.4, 0.5) is 0 Å². The molecule has 3 rings (SSSR count). The molecule has 1 aromatic carbocycles. The molecular formula is C15H15NO2. The van der Waals surface area contributed by atoms with Crippen LogP contribution in [0.1, 0.15) is 27.3 Å². The maximum atomic E-state index is 12.0. The summed E-state index contributed by atoms with van der Waals surface area (Å²) in [6, 6.07) is 8.24. The van der Waals surface area contributed by atoms with Gasteiger partial charge >= 0.3 is 5.97 Å². The molecule has 0 saturated carbocycles. The van der Waals surface area contributed by atoms with Gasteiger partial charge in [-0.25, -0.2) is 4.79 Å². The van der Waals surface area contributed by atoms with Crippen molar-refractivity contribution in [3.05, 3.63) is 46.8 Å². The Hall–Kier alpha value is -2.03. The lowest BCUT2D eigenvalue weighted by molar-refractivity contribution is 0.0600. The summed E-state index contributed by atoms with van der Waals surface area (Å²) in [7, 11) is 3.44. The number of esters is 1. The van der Waals surface area contributed by atoms with Gasteiger partial charge in [-0.05, 0) is 18.1 Å². The molecule has 1 heterocycles. The molecule has 0 saturated heterocycles. The van der Waals surface area contributed by atoms with Crippen LogP contribution in [0.2, 0.25) is 0 Å². The first kappa shape index (κ1) is 11.1. The van der Waals surface area contributed by atoms with Gasteiger partial charge < -0.3 is 9.30 Å². The van der Waals surface area contributed by atoms with E-state index in [1.807, 2.05) is 26.1 Å². The van der Waals surface area contributed by atoms with Crippen molar-refractivity contribution in [1.82, 2.24) is 4.57 Å². The molecule has 1 aliphatic carbocycles. The summed E-state index contributed by atoms with van der Waals surface area (Å²) in [5, 5.41) is 0. The smallest absolute Gasteiger partial charge is 0.340 e. The van der Waals surface area contributed by atoms with Crippen molar-refractivity contribution >= 4 is 5.97 Å². The second-order valence-electron chi connectivity index (χ2n) is 4.67. The maximum Gasteiger partial charge on any atom is 0.340 e. The Balaban J connectivity index is 2.33. The van der Waals surface area contributed by atoms with Gasteiger partial charge in [-0.3, -0.25) is 0 Å². The van der Waals surface area contributed by atoms with Gasteiger partial charge in [-0.15, -0.1) is 0 Å². The van der Waals surface area contributed by atoms with Crippen molar-refractivity contribution in [3.63, 3.8) is 0 Å². The van der Waals surface area contributed by atoms with Crippen molar-refractivity contribution in [1.29, 1.82) is 0 Å². The van der Waals surface area contributed by atoms with Crippen molar-refractivity contribution in [2.75, 3.05) is 7.11 Å². The first-order chi connectivity index (χ1) is 8.65. The fourth-order valence-electron chi connectivity index (χ4n) is 2.81. The molecule has 3 heteroatoms. The SMILES string of the molecule is COC(=O)c1c2c(n(C)c1C)Cc1ccccc1-2. The van der Waals surface area contributed by atoms with E-state index in [0.717, 1.165) is 23.2 Å². The number of carbonyl (C=O) groups excluding carboxylic acids is 1. The monoisotopic (exact) mass is 241 g/mol. The van der Waals surface area contributed by atoms with E-state index in [1.165, 1.54) is 18.4 Å². The van der Waals surface area contributed by atoms with Gasteiger partial charge in [0, 0.05) is 30.4 Å². The highest BCUT2D eigenvalue weighted by Crippen LogP contribution is 2.41. The van der Waals surface area contributed by atoms with Crippen LogP contribution in [0, 0.1) is 6.92 Å². The summed E-state index contributed by atoms with van der Waals surface area (Å²) < 4.78 is 7.02. The van der Waals surface area contributed by atoms with Crippen LogP contribution >= 0.6 is 0 Å². The number of benzene rings is 1. The zero-order valence-corrected chi connectivity index (χ0v) is 10.8. The third kappa shape index (κ3) is 1.27. The fraction of sp³-hybridized carbons (Fsp3) is 0.267. The summed E-state index contributed by atoms with van der Waals surface area (Å²) in [5.41, 5.74) is 6.38. The van der Waals surface area contributed by atoms with Crippen molar-refractivity contribution in [2.45, 2.75) is 13.3 Å². The molecule has 1 aromatic heterocycles. The van der Waals surface area contributed by atoms with E-state index in [-0.39, 0.29) is 5.97 Å². The van der Waals surface area contributed by atoms with E-state index < -0.39 is 0 Å². The normalized spacial score (nSPS) is 12.2. The number of hydrogen-bond acceptors (Lipinski definition) is 2. The van der Waals surface area contributed by atoms with Gasteiger partial charge in [-0.1, -0.05) is 24.3 Å². The van der Waals surface area contributed by atoms with Gasteiger partial charge in [-0.2, -0.15) is 0 Å². The van der Waals surface area contributed by atoms with Gasteiger partial charge in [0.2, 0.25) is 0 Å². The number of rotatable bonds is 1. The molecule has 3 nitrogen and oxygen atoms in total. The molecule has 0 unspecified atom stereocenters. The molecule has 0 bridgehead atoms. The van der Waals surface area contributed by atoms with Gasteiger partial charge in [0.1, 0.15) is 0 Å². The molecule has 0 N–H and O–H groups in total. The van der Waals surface area contributed by atoms with E-state index in [4.69, 9.17) is 4.74 Å². The Bertz CT molecular complexity index is 653. The van der Waals surface area contributed by atoms with Crippen LogP contribution in [0.15, 0.2) is 24.3 Å². The minimum Gasteiger partial charge on any atom is -0.465 e. The van der Waals surface area contributed by atoms with Crippen LogP contribution in [0.5, 0.6) is 0 Å². The second-order valence-corrected chi connectivity index (χ2v) is 4.67. The molecule has 0 radical (unpaired) electrons. The molecule has 0 fully saturated rings. The number of carbonyl (C=O) groups is 1. The summed E-state index contributed by atoms with van der Waals surface area (Å²) >= 11 is 0. The van der Waals surface area contributed by atoms with Crippen LogP contribution in [-0.4, -0.2) is 17.6 Å². The van der Waals surface area contributed by atoms with Crippen molar-refractivity contribution < 1.29 is 9.53 Å². The molecule has 0 amide bonds. The minimum absolute atomic E-state index is 0.249. The van der Waals surface area contributed by atoms with E-state index in [1.54, 1.807) is 0 Å². The lowest BCUT2D eigenvalue weighted by Gasteiger charge is -2.05. The minimum atomic E-state index is -0.249. The average Bonchev–Trinajstić information content (AvgIpc) is 2.87. The summed E-state index contributed by atoms with van der Waals surface area (Å²) in [4.78, 5) is 12.0. The highest BCUT2D eigenvalue weighted by atomic mass is 16.5. The summed E-state index contributed by atoms with van der Waals surface area (Å²) in [5.74, 6) is -0.249. The maximum absolute atomic E-state index is 12.0. The standard InChI is InChI=1S/C15H15NO2/c1-9-13(15(17)18-3)14-11-7-5-4-6-10(11)8-12(14)16(9)2/h4-7H,8H2,1-3H3. The highest BCUT2D eigenvalue weighted by Gasteiger charge is 2.30. The summed E-state index contributed by atoms with van der Waals surface area (Å²) in [6.07, 6.45) is 0.889. The Morgan fingerprint density at radius 1 is 1.33 bits per heavy atom. The number of hydrogen-bond donors (Lipinski definition) is 0. The van der Waals surface area contributed by atoms with E-state index in [0.29, 0.717) is 5.56 Å². The lowest BCUT2D eigenvalue weighted by atomic mass is 10.0. The number of fused-ring (bicyclic) bond motifs is 3. The van der Waals surface area contributed by atoms with E-state index >= 15 is 0 Å². The predicted molar refractivity (Wildman–Crippen MR) is 69.7 cm³/mol. The molecular weight excluding hydrogens is 226 g/mol. The van der Waals surface area contributed by atoms with Crippen LogP contribution in [-0.2, 0) is 18.2 Å². The highest BCUT2D eigenvalue weighted by molar-refractivity contribution is 6.01. The largest absolute Gasteiger partial charge is 0.465 e. The number of methoxy groups -OCH3 is 1.